The monoisotopic (exact) mass is 312 g/mol. The Hall–Kier alpha value is -0.490. The van der Waals surface area contributed by atoms with Crippen molar-refractivity contribution >= 4 is 7.82 Å². The number of phosphoric acid groups is 1. The Morgan fingerprint density at radius 2 is 1.05 bits per heavy atom. The summed E-state index contributed by atoms with van der Waals surface area (Å²) < 4.78 is 28.0. The normalized spacial score (nSPS) is 10.8. The number of hydrogen-bond acceptors (Lipinski definition) is 6. The second kappa shape index (κ2) is 16.6. The zero-order chi connectivity index (χ0) is 15.7. The number of rotatable bonds is 12. The number of hydrogen-bond donors (Lipinski definition) is 0. The second-order valence-electron chi connectivity index (χ2n) is 4.08. The van der Waals surface area contributed by atoms with Gasteiger partial charge in [-0.05, 0) is 19.3 Å². The Labute approximate surface area is 121 Å². The van der Waals surface area contributed by atoms with Crippen LogP contribution >= 0.6 is 7.82 Å². The number of nitrogens with zero attached hydrogens (tertiary/aromatic N) is 1. The molecule has 0 saturated heterocycles. The van der Waals surface area contributed by atoms with Gasteiger partial charge in [-0.3, -0.25) is 13.6 Å². The lowest BCUT2D eigenvalue weighted by Crippen LogP contribution is -2.03. The van der Waals surface area contributed by atoms with Crippen LogP contribution in [0, 0.1) is 4.91 Å². The Morgan fingerprint density at radius 1 is 0.800 bits per heavy atom. The summed E-state index contributed by atoms with van der Waals surface area (Å²) in [7, 11) is -3.31. The minimum absolute atomic E-state index is 0.437. The predicted octanol–water partition coefficient (Wildman–Crippen LogP) is 4.64. The van der Waals surface area contributed by atoms with Gasteiger partial charge in [0.05, 0.1) is 19.8 Å². The molecule has 0 spiro atoms. The predicted molar refractivity (Wildman–Crippen MR) is 76.7 cm³/mol. The molecule has 0 aromatic heterocycles. The lowest BCUT2D eigenvalue weighted by molar-refractivity contribution is 0.110. The quantitative estimate of drug-likeness (QED) is 0.226. The number of unbranched alkanes of at least 4 members (excludes halogenated alkanes) is 3. The molecule has 0 N–H and O–H groups in total. The van der Waals surface area contributed by atoms with Gasteiger partial charge in [-0.2, -0.15) is 0 Å². The Morgan fingerprint density at radius 3 is 1.25 bits per heavy atom. The van der Waals surface area contributed by atoms with Crippen molar-refractivity contribution in [3.63, 3.8) is 0 Å². The summed E-state index contributed by atoms with van der Waals surface area (Å²) in [6, 6.07) is 0. The minimum atomic E-state index is -3.31. The summed E-state index contributed by atoms with van der Waals surface area (Å²) in [5.74, 6) is 0. The van der Waals surface area contributed by atoms with Crippen LogP contribution in [-0.4, -0.2) is 19.8 Å². The first-order valence-electron chi connectivity index (χ1n) is 7.08. The third-order valence-electron chi connectivity index (χ3n) is 2.24. The first-order chi connectivity index (χ1) is 9.60. The molecule has 0 aromatic rings. The molecule has 0 aliphatic heterocycles. The molecule has 0 aliphatic rings. The summed E-state index contributed by atoms with van der Waals surface area (Å²) in [5, 5.41) is 9.00. The first-order valence-corrected chi connectivity index (χ1v) is 8.54. The summed E-state index contributed by atoms with van der Waals surface area (Å²) >= 11 is 0. The van der Waals surface area contributed by atoms with Crippen LogP contribution in [0.5, 0.6) is 0 Å². The molecule has 121 valence electrons. The molecular weight excluding hydrogens is 285 g/mol. The minimum Gasteiger partial charge on any atom is -0.287 e. The Kier molecular flexibility index (Phi) is 18.1. The van der Waals surface area contributed by atoms with Gasteiger partial charge in [0.2, 0.25) is 5.34 Å². The van der Waals surface area contributed by atoms with E-state index in [1.165, 1.54) is 0 Å². The van der Waals surface area contributed by atoms with Crippen LogP contribution < -0.4 is 0 Å². The molecule has 0 rings (SSSR count). The Bertz CT molecular complexity index is 219. The van der Waals surface area contributed by atoms with Crippen LogP contribution in [0.2, 0.25) is 0 Å². The van der Waals surface area contributed by atoms with E-state index in [-0.39, 0.29) is 0 Å². The van der Waals surface area contributed by atoms with E-state index in [1.807, 2.05) is 0 Å². The van der Waals surface area contributed by atoms with E-state index in [1.54, 1.807) is 0 Å². The maximum Gasteiger partial charge on any atom is 0.474 e. The number of phosphoric ester groups is 1. The van der Waals surface area contributed by atoms with Crippen LogP contribution in [0.15, 0.2) is 5.34 Å². The van der Waals surface area contributed by atoms with Crippen molar-refractivity contribution in [3.05, 3.63) is 4.91 Å². The van der Waals surface area contributed by atoms with Crippen LogP contribution in [0.1, 0.15) is 59.3 Å². The highest BCUT2D eigenvalue weighted by Crippen LogP contribution is 2.49. The van der Waals surface area contributed by atoms with Crippen molar-refractivity contribution in [3.8, 4) is 0 Å². The topological polar surface area (TPSA) is 94.1 Å². The molecular formula is C12H27NO6P. The van der Waals surface area contributed by atoms with Crippen molar-refractivity contribution in [2.24, 2.45) is 5.34 Å². The lowest BCUT2D eigenvalue weighted by atomic mass is 10.4. The van der Waals surface area contributed by atoms with Gasteiger partial charge in [0, 0.05) is 0 Å². The molecule has 8 heteroatoms. The van der Waals surface area contributed by atoms with Crippen molar-refractivity contribution in [2.45, 2.75) is 59.3 Å². The summed E-state index contributed by atoms with van der Waals surface area (Å²) in [5.41, 5.74) is 0. The lowest BCUT2D eigenvalue weighted by Gasteiger charge is -2.17. The molecule has 0 fully saturated rings. The fourth-order valence-electron chi connectivity index (χ4n) is 1.07. The maximum absolute atomic E-state index is 12.2. The molecule has 0 bridgehead atoms. The van der Waals surface area contributed by atoms with Crippen molar-refractivity contribution in [2.75, 3.05) is 19.8 Å². The zero-order valence-corrected chi connectivity index (χ0v) is 13.6. The van der Waals surface area contributed by atoms with Gasteiger partial charge in [0.25, 0.3) is 0 Å². The van der Waals surface area contributed by atoms with Crippen LogP contribution in [0.4, 0.5) is 0 Å². The van der Waals surface area contributed by atoms with E-state index < -0.39 is 7.82 Å². The van der Waals surface area contributed by atoms with Gasteiger partial charge in [0.1, 0.15) is 0 Å². The molecule has 0 unspecified atom stereocenters. The zero-order valence-electron chi connectivity index (χ0n) is 12.7. The fraction of sp³-hybridized carbons (Fsp3) is 1.00. The van der Waals surface area contributed by atoms with E-state index in [0.717, 1.165) is 43.9 Å². The summed E-state index contributed by atoms with van der Waals surface area (Å²) in [6.45, 7) is 7.49. The molecule has 0 saturated carbocycles. The third kappa shape index (κ3) is 15.6. The van der Waals surface area contributed by atoms with E-state index in [2.05, 4.69) is 20.8 Å². The van der Waals surface area contributed by atoms with Crippen LogP contribution in [-0.2, 0) is 23.3 Å². The molecule has 1 radical (unpaired) electrons. The van der Waals surface area contributed by atoms with Gasteiger partial charge >= 0.3 is 7.82 Å². The van der Waals surface area contributed by atoms with Crippen LogP contribution in [0.3, 0.4) is 0 Å². The molecule has 0 amide bonds. The highest BCUT2D eigenvalue weighted by atomic mass is 31.2. The van der Waals surface area contributed by atoms with Gasteiger partial charge in [-0.15, -0.1) is 10.1 Å². The first kappa shape index (κ1) is 21.8. The molecule has 20 heavy (non-hydrogen) atoms. The average molecular weight is 312 g/mol. The van der Waals surface area contributed by atoms with Gasteiger partial charge in [0.15, 0.2) is 0 Å². The highest BCUT2D eigenvalue weighted by Gasteiger charge is 2.25. The second-order valence-corrected chi connectivity index (χ2v) is 5.75. The van der Waals surface area contributed by atoms with Gasteiger partial charge in [-0.1, -0.05) is 40.0 Å². The SMILES string of the molecule is CCCCOP(=O)(OCCCC)OCCCC.[O]N=O. The fourth-order valence-corrected chi connectivity index (χ4v) is 2.36. The third-order valence-corrected chi connectivity index (χ3v) is 3.74. The van der Waals surface area contributed by atoms with E-state index in [9.17, 15) is 4.57 Å². The molecule has 0 atom stereocenters. The smallest absolute Gasteiger partial charge is 0.287 e. The molecule has 0 aromatic carbocycles. The molecule has 0 aliphatic carbocycles. The Balaban J connectivity index is 0. The summed E-state index contributed by atoms with van der Waals surface area (Å²) in [6.07, 6.45) is 5.63. The van der Waals surface area contributed by atoms with Gasteiger partial charge < -0.3 is 0 Å². The molecule has 7 nitrogen and oxygen atoms in total. The summed E-state index contributed by atoms with van der Waals surface area (Å²) in [4.78, 5) is 8.00. The van der Waals surface area contributed by atoms with Gasteiger partial charge in [-0.25, -0.2) is 4.57 Å². The van der Waals surface area contributed by atoms with Crippen molar-refractivity contribution in [1.82, 2.24) is 0 Å². The largest absolute Gasteiger partial charge is 0.474 e. The standard InChI is InChI=1S/C12H27O4P.NO2/c1-4-7-10-14-17(13,15-11-8-5-2)16-12-9-6-3;2-1-3/h4-12H2,1-3H3;. The van der Waals surface area contributed by atoms with E-state index in [4.69, 9.17) is 23.7 Å². The van der Waals surface area contributed by atoms with Crippen molar-refractivity contribution in [1.29, 1.82) is 0 Å². The average Bonchev–Trinajstić information content (AvgIpc) is 2.41. The maximum atomic E-state index is 12.2. The van der Waals surface area contributed by atoms with E-state index in [0.29, 0.717) is 19.8 Å². The van der Waals surface area contributed by atoms with E-state index >= 15 is 0 Å². The molecule has 0 heterocycles. The van der Waals surface area contributed by atoms with Crippen molar-refractivity contribution < 1.29 is 23.3 Å². The van der Waals surface area contributed by atoms with Crippen LogP contribution in [0.25, 0.3) is 0 Å². The highest BCUT2D eigenvalue weighted by molar-refractivity contribution is 7.48.